The molecule has 0 saturated carbocycles. The van der Waals surface area contributed by atoms with Gasteiger partial charge in [-0.3, -0.25) is 0 Å². The molecule has 2 rings (SSSR count). The van der Waals surface area contributed by atoms with Crippen molar-refractivity contribution in [2.75, 3.05) is 0 Å². The number of hydrogen-bond acceptors (Lipinski definition) is 3. The Morgan fingerprint density at radius 2 is 1.68 bits per heavy atom. The largest absolute Gasteiger partial charge is 0.485 e. The summed E-state index contributed by atoms with van der Waals surface area (Å²) < 4.78 is 5.96. The van der Waals surface area contributed by atoms with Gasteiger partial charge in [-0.05, 0) is 31.5 Å². The van der Waals surface area contributed by atoms with Crippen LogP contribution in [0.4, 0.5) is 0 Å². The molecular weight excluding hydrogens is 238 g/mol. The van der Waals surface area contributed by atoms with Crippen molar-refractivity contribution in [1.82, 2.24) is 0 Å². The second-order valence-corrected chi connectivity index (χ2v) is 4.35. The van der Waals surface area contributed by atoms with Gasteiger partial charge < -0.3 is 9.94 Å². The highest BCUT2D eigenvalue weighted by atomic mass is 16.5. The Labute approximate surface area is 113 Å². The van der Waals surface area contributed by atoms with Gasteiger partial charge in [-0.15, -0.1) is 0 Å². The Morgan fingerprint density at radius 1 is 1.05 bits per heavy atom. The van der Waals surface area contributed by atoms with Crippen LogP contribution in [0.5, 0.6) is 5.75 Å². The first-order chi connectivity index (χ1) is 9.22. The molecule has 0 amide bonds. The first-order valence-electron chi connectivity index (χ1n) is 6.22. The molecular formula is C16H17NO2. The fourth-order valence-corrected chi connectivity index (χ4v) is 1.90. The van der Waals surface area contributed by atoms with E-state index in [0.717, 1.165) is 11.1 Å². The topological polar surface area (TPSA) is 41.8 Å². The van der Waals surface area contributed by atoms with Crippen LogP contribution in [-0.2, 0) is 0 Å². The van der Waals surface area contributed by atoms with E-state index in [2.05, 4.69) is 5.16 Å². The summed E-state index contributed by atoms with van der Waals surface area (Å²) in [6.45, 7) is 3.74. The molecule has 0 spiro atoms. The molecule has 19 heavy (non-hydrogen) atoms. The van der Waals surface area contributed by atoms with Gasteiger partial charge in [0.05, 0.1) is 5.71 Å². The third kappa shape index (κ3) is 3.13. The summed E-state index contributed by atoms with van der Waals surface area (Å²) in [7, 11) is 0. The molecule has 1 unspecified atom stereocenters. The molecule has 0 aliphatic heterocycles. The minimum atomic E-state index is -0.0613. The normalized spacial score (nSPS) is 13.1. The highest BCUT2D eigenvalue weighted by Crippen LogP contribution is 2.25. The van der Waals surface area contributed by atoms with E-state index in [1.807, 2.05) is 61.5 Å². The molecule has 3 heteroatoms. The Bertz CT molecular complexity index is 564. The average molecular weight is 255 g/mol. The van der Waals surface area contributed by atoms with Crippen molar-refractivity contribution in [2.45, 2.75) is 20.0 Å². The van der Waals surface area contributed by atoms with Crippen LogP contribution < -0.4 is 4.74 Å². The van der Waals surface area contributed by atoms with Crippen molar-refractivity contribution >= 4 is 5.71 Å². The van der Waals surface area contributed by atoms with E-state index in [1.165, 1.54) is 0 Å². The zero-order valence-corrected chi connectivity index (χ0v) is 11.1. The monoisotopic (exact) mass is 255 g/mol. The lowest BCUT2D eigenvalue weighted by Gasteiger charge is -2.17. The molecule has 0 bridgehead atoms. The van der Waals surface area contributed by atoms with E-state index in [4.69, 9.17) is 9.94 Å². The van der Waals surface area contributed by atoms with Gasteiger partial charge in [0, 0.05) is 5.56 Å². The van der Waals surface area contributed by atoms with Crippen LogP contribution in [0.3, 0.4) is 0 Å². The molecule has 2 aromatic rings. The Kier molecular flexibility index (Phi) is 4.18. The molecule has 0 aliphatic rings. The van der Waals surface area contributed by atoms with Crippen molar-refractivity contribution < 1.29 is 9.94 Å². The number of oxime groups is 1. The Balaban J connectivity index is 2.24. The summed E-state index contributed by atoms with van der Waals surface area (Å²) in [6.07, 6.45) is -0.0613. The fourth-order valence-electron chi connectivity index (χ4n) is 1.90. The van der Waals surface area contributed by atoms with Gasteiger partial charge in [-0.1, -0.05) is 47.6 Å². The maximum Gasteiger partial charge on any atom is 0.129 e. The minimum Gasteiger partial charge on any atom is -0.485 e. The molecule has 0 saturated heterocycles. The lowest BCUT2D eigenvalue weighted by molar-refractivity contribution is 0.226. The van der Waals surface area contributed by atoms with E-state index in [9.17, 15) is 0 Å². The van der Waals surface area contributed by atoms with Crippen molar-refractivity contribution in [3.8, 4) is 5.75 Å². The van der Waals surface area contributed by atoms with Gasteiger partial charge in [-0.25, -0.2) is 0 Å². The zero-order valence-electron chi connectivity index (χ0n) is 11.1. The third-order valence-corrected chi connectivity index (χ3v) is 3.00. The molecule has 1 N–H and O–H groups in total. The Morgan fingerprint density at radius 3 is 2.37 bits per heavy atom. The van der Waals surface area contributed by atoms with E-state index >= 15 is 0 Å². The van der Waals surface area contributed by atoms with Gasteiger partial charge in [0.25, 0.3) is 0 Å². The van der Waals surface area contributed by atoms with Crippen molar-refractivity contribution in [2.24, 2.45) is 5.16 Å². The predicted octanol–water partition coefficient (Wildman–Crippen LogP) is 4.02. The van der Waals surface area contributed by atoms with Gasteiger partial charge in [0.1, 0.15) is 11.9 Å². The first kappa shape index (κ1) is 13.1. The highest BCUT2D eigenvalue weighted by Gasteiger charge is 2.11. The van der Waals surface area contributed by atoms with Crippen LogP contribution in [0.2, 0.25) is 0 Å². The number of nitrogens with zero attached hydrogens (tertiary/aromatic N) is 1. The van der Waals surface area contributed by atoms with Gasteiger partial charge in [0.2, 0.25) is 0 Å². The number of rotatable bonds is 4. The minimum absolute atomic E-state index is 0.0613. The second kappa shape index (κ2) is 6.05. The van der Waals surface area contributed by atoms with Crippen LogP contribution in [-0.4, -0.2) is 10.9 Å². The van der Waals surface area contributed by atoms with Crippen molar-refractivity contribution in [3.05, 3.63) is 65.7 Å². The van der Waals surface area contributed by atoms with E-state index < -0.39 is 0 Å². The molecule has 2 aromatic carbocycles. The smallest absolute Gasteiger partial charge is 0.129 e. The number of hydrogen-bond donors (Lipinski definition) is 1. The highest BCUT2D eigenvalue weighted by molar-refractivity contribution is 6.00. The molecule has 0 aliphatic carbocycles. The average Bonchev–Trinajstić information content (AvgIpc) is 2.48. The second-order valence-electron chi connectivity index (χ2n) is 4.35. The Hall–Kier alpha value is -2.29. The van der Waals surface area contributed by atoms with Crippen molar-refractivity contribution in [1.29, 1.82) is 0 Å². The fraction of sp³-hybridized carbons (Fsp3) is 0.188. The maximum atomic E-state index is 8.90. The summed E-state index contributed by atoms with van der Waals surface area (Å²) in [5.74, 6) is 0.717. The molecule has 0 radical (unpaired) electrons. The molecule has 0 fully saturated rings. The SMILES string of the molecule is C/C(=N\O)c1ccccc1OC(C)c1ccccc1. The molecule has 0 aromatic heterocycles. The number of benzene rings is 2. The lowest BCUT2D eigenvalue weighted by atomic mass is 10.1. The molecule has 98 valence electrons. The van der Waals surface area contributed by atoms with Gasteiger partial charge in [0.15, 0.2) is 0 Å². The summed E-state index contributed by atoms with van der Waals surface area (Å²) >= 11 is 0. The van der Waals surface area contributed by atoms with E-state index in [-0.39, 0.29) is 6.10 Å². The van der Waals surface area contributed by atoms with Gasteiger partial charge in [-0.2, -0.15) is 0 Å². The summed E-state index contributed by atoms with van der Waals surface area (Å²) in [5, 5.41) is 12.1. The quantitative estimate of drug-likeness (QED) is 0.509. The van der Waals surface area contributed by atoms with E-state index in [0.29, 0.717) is 11.5 Å². The molecule has 3 nitrogen and oxygen atoms in total. The summed E-state index contributed by atoms with van der Waals surface area (Å²) in [4.78, 5) is 0. The van der Waals surface area contributed by atoms with Crippen molar-refractivity contribution in [3.63, 3.8) is 0 Å². The zero-order chi connectivity index (χ0) is 13.7. The lowest BCUT2D eigenvalue weighted by Crippen LogP contribution is -2.06. The third-order valence-electron chi connectivity index (χ3n) is 3.00. The summed E-state index contributed by atoms with van der Waals surface area (Å²) in [5.41, 5.74) is 2.44. The number of ether oxygens (including phenoxy) is 1. The number of para-hydroxylation sites is 1. The molecule has 0 heterocycles. The molecule has 1 atom stereocenters. The van der Waals surface area contributed by atoms with Crippen LogP contribution in [0.25, 0.3) is 0 Å². The first-order valence-corrected chi connectivity index (χ1v) is 6.22. The maximum absolute atomic E-state index is 8.90. The van der Waals surface area contributed by atoms with Crippen LogP contribution in [0.1, 0.15) is 31.1 Å². The van der Waals surface area contributed by atoms with Gasteiger partial charge >= 0.3 is 0 Å². The van der Waals surface area contributed by atoms with Crippen LogP contribution in [0, 0.1) is 0 Å². The van der Waals surface area contributed by atoms with Crippen LogP contribution in [0.15, 0.2) is 59.8 Å². The van der Waals surface area contributed by atoms with Crippen LogP contribution >= 0.6 is 0 Å². The van der Waals surface area contributed by atoms with E-state index in [1.54, 1.807) is 6.92 Å². The standard InChI is InChI=1S/C16H17NO2/c1-12(17-18)15-10-6-7-11-16(15)19-13(2)14-8-4-3-5-9-14/h3-11,13,18H,1-2H3/b17-12+. The predicted molar refractivity (Wildman–Crippen MR) is 75.9 cm³/mol. The summed E-state index contributed by atoms with van der Waals surface area (Å²) in [6, 6.07) is 17.6.